The first-order valence-electron chi connectivity index (χ1n) is 8.47. The summed E-state index contributed by atoms with van der Waals surface area (Å²) >= 11 is 1.75. The summed E-state index contributed by atoms with van der Waals surface area (Å²) in [4.78, 5) is 14.6. The summed E-state index contributed by atoms with van der Waals surface area (Å²) in [5.74, 6) is 0.0139. The zero-order valence-electron chi connectivity index (χ0n) is 13.6. The Morgan fingerprint density at radius 1 is 1.39 bits per heavy atom. The maximum atomic E-state index is 12.0. The molecule has 0 bridgehead atoms. The molecule has 1 saturated heterocycles. The Morgan fingerprint density at radius 2 is 2.13 bits per heavy atom. The Kier molecular flexibility index (Phi) is 5.36. The van der Waals surface area contributed by atoms with E-state index in [0.29, 0.717) is 26.3 Å². The summed E-state index contributed by atoms with van der Waals surface area (Å²) < 4.78 is 5.40. The van der Waals surface area contributed by atoms with Gasteiger partial charge >= 0.3 is 0 Å². The standard InChI is InChI=1S/C17H26N2O3S/c1-2-12-3-4-13(23-12)10-19-16(21)11-18-14-9-15(20)17(14)5-7-22-8-6-17/h3-4,14-15,18,20H,2,5-11H2,1H3,(H,19,21)/t14-,15-/m1/s1. The number of rotatable bonds is 6. The largest absolute Gasteiger partial charge is 0.392 e. The smallest absolute Gasteiger partial charge is 0.234 e. The number of carbonyl (C=O) groups is 1. The van der Waals surface area contributed by atoms with Crippen LogP contribution in [0.15, 0.2) is 12.1 Å². The van der Waals surface area contributed by atoms with Gasteiger partial charge in [0.15, 0.2) is 0 Å². The highest BCUT2D eigenvalue weighted by molar-refractivity contribution is 7.11. The molecule has 1 amide bonds. The third kappa shape index (κ3) is 3.60. The van der Waals surface area contributed by atoms with Gasteiger partial charge in [0, 0.05) is 34.4 Å². The van der Waals surface area contributed by atoms with Crippen molar-refractivity contribution >= 4 is 17.2 Å². The molecular weight excluding hydrogens is 312 g/mol. The lowest BCUT2D eigenvalue weighted by molar-refractivity contribution is -0.150. The molecule has 23 heavy (non-hydrogen) atoms. The van der Waals surface area contributed by atoms with Crippen molar-refractivity contribution < 1.29 is 14.6 Å². The highest BCUT2D eigenvalue weighted by atomic mass is 32.1. The molecule has 128 valence electrons. The highest BCUT2D eigenvalue weighted by Crippen LogP contribution is 2.48. The van der Waals surface area contributed by atoms with Crippen LogP contribution in [0.4, 0.5) is 0 Å². The Bertz CT molecular complexity index is 540. The summed E-state index contributed by atoms with van der Waals surface area (Å²) in [5.41, 5.74) is -0.0810. The van der Waals surface area contributed by atoms with Gasteiger partial charge < -0.3 is 20.5 Å². The maximum absolute atomic E-state index is 12.0. The number of nitrogens with one attached hydrogen (secondary N) is 2. The molecule has 2 aliphatic rings. The Balaban J connectivity index is 1.42. The first-order chi connectivity index (χ1) is 11.1. The van der Waals surface area contributed by atoms with Crippen molar-refractivity contribution in [1.29, 1.82) is 0 Å². The second kappa shape index (κ2) is 7.30. The Labute approximate surface area is 141 Å². The molecule has 1 aliphatic carbocycles. The second-order valence-electron chi connectivity index (χ2n) is 6.53. The molecule has 1 aromatic rings. The van der Waals surface area contributed by atoms with Crippen molar-refractivity contribution in [1.82, 2.24) is 10.6 Å². The molecule has 0 unspecified atom stereocenters. The minimum atomic E-state index is -0.259. The van der Waals surface area contributed by atoms with Gasteiger partial charge in [-0.15, -0.1) is 11.3 Å². The normalized spacial score (nSPS) is 26.0. The van der Waals surface area contributed by atoms with Crippen LogP contribution in [0.5, 0.6) is 0 Å². The number of aliphatic hydroxyl groups excluding tert-OH is 1. The molecule has 0 radical (unpaired) electrons. The van der Waals surface area contributed by atoms with E-state index in [-0.39, 0.29) is 23.5 Å². The van der Waals surface area contributed by atoms with Crippen LogP contribution in [-0.4, -0.2) is 42.9 Å². The van der Waals surface area contributed by atoms with E-state index in [1.54, 1.807) is 11.3 Å². The fourth-order valence-corrected chi connectivity index (χ4v) is 4.55. The monoisotopic (exact) mass is 338 g/mol. The summed E-state index contributed by atoms with van der Waals surface area (Å²) in [6.45, 7) is 4.46. The number of aryl methyl sites for hydroxylation is 1. The van der Waals surface area contributed by atoms with Gasteiger partial charge in [-0.25, -0.2) is 0 Å². The summed E-state index contributed by atoms with van der Waals surface area (Å²) in [7, 11) is 0. The zero-order valence-corrected chi connectivity index (χ0v) is 14.5. The van der Waals surface area contributed by atoms with Crippen LogP contribution in [-0.2, 0) is 22.5 Å². The first-order valence-corrected chi connectivity index (χ1v) is 9.29. The van der Waals surface area contributed by atoms with Gasteiger partial charge in [-0.3, -0.25) is 4.79 Å². The van der Waals surface area contributed by atoms with Crippen molar-refractivity contribution in [2.24, 2.45) is 5.41 Å². The van der Waals surface area contributed by atoms with Crippen molar-refractivity contribution in [2.45, 2.75) is 51.3 Å². The van der Waals surface area contributed by atoms with Crippen molar-refractivity contribution in [3.05, 3.63) is 21.9 Å². The average molecular weight is 338 g/mol. The van der Waals surface area contributed by atoms with E-state index in [2.05, 4.69) is 29.7 Å². The van der Waals surface area contributed by atoms with Gasteiger partial charge in [-0.1, -0.05) is 6.92 Å². The quantitative estimate of drug-likeness (QED) is 0.734. The lowest BCUT2D eigenvalue weighted by Gasteiger charge is -2.55. The van der Waals surface area contributed by atoms with E-state index >= 15 is 0 Å². The topological polar surface area (TPSA) is 70.6 Å². The second-order valence-corrected chi connectivity index (χ2v) is 7.78. The number of aliphatic hydroxyl groups is 1. The van der Waals surface area contributed by atoms with Crippen LogP contribution < -0.4 is 10.6 Å². The summed E-state index contributed by atoms with van der Waals surface area (Å²) in [6, 6.07) is 4.42. The molecule has 6 heteroatoms. The van der Waals surface area contributed by atoms with Gasteiger partial charge in [0.25, 0.3) is 0 Å². The molecule has 2 fully saturated rings. The number of hydrogen-bond donors (Lipinski definition) is 3. The van der Waals surface area contributed by atoms with Crippen molar-refractivity contribution in [3.8, 4) is 0 Å². The maximum Gasteiger partial charge on any atom is 0.234 e. The fraction of sp³-hybridized carbons (Fsp3) is 0.706. The van der Waals surface area contributed by atoms with Crippen LogP contribution >= 0.6 is 11.3 Å². The predicted molar refractivity (Wildman–Crippen MR) is 90.4 cm³/mol. The molecule has 1 aliphatic heterocycles. The molecule has 1 saturated carbocycles. The molecular formula is C17H26N2O3S. The third-order valence-corrected chi connectivity index (χ3v) is 6.50. The zero-order chi connectivity index (χ0) is 16.3. The van der Waals surface area contributed by atoms with E-state index in [0.717, 1.165) is 25.7 Å². The first kappa shape index (κ1) is 16.9. The number of amides is 1. The SMILES string of the molecule is CCc1ccc(CNC(=O)CN[C@@H]2C[C@@H](O)C23CCOCC3)s1. The van der Waals surface area contributed by atoms with Crippen molar-refractivity contribution in [3.63, 3.8) is 0 Å². The van der Waals surface area contributed by atoms with Crippen molar-refractivity contribution in [2.75, 3.05) is 19.8 Å². The number of thiophene rings is 1. The third-order valence-electron chi connectivity index (χ3n) is 5.27. The molecule has 1 aromatic heterocycles. The Hall–Kier alpha value is -0.950. The van der Waals surface area contributed by atoms with Gasteiger partial charge in [0.05, 0.1) is 19.2 Å². The fourth-order valence-electron chi connectivity index (χ4n) is 3.66. The number of hydrogen-bond acceptors (Lipinski definition) is 5. The van der Waals surface area contributed by atoms with Crippen LogP contribution in [0.2, 0.25) is 0 Å². The Morgan fingerprint density at radius 3 is 2.78 bits per heavy atom. The minimum Gasteiger partial charge on any atom is -0.392 e. The van der Waals surface area contributed by atoms with Crippen LogP contribution in [0.1, 0.15) is 35.9 Å². The summed E-state index contributed by atoms with van der Waals surface area (Å²) in [5, 5.41) is 16.4. The average Bonchev–Trinajstić information content (AvgIpc) is 3.05. The van der Waals surface area contributed by atoms with Crippen LogP contribution in [0.25, 0.3) is 0 Å². The van der Waals surface area contributed by atoms with Crippen LogP contribution in [0, 0.1) is 5.41 Å². The van der Waals surface area contributed by atoms with E-state index in [9.17, 15) is 9.90 Å². The lowest BCUT2D eigenvalue weighted by Crippen LogP contribution is -2.65. The van der Waals surface area contributed by atoms with Gasteiger partial charge in [-0.2, -0.15) is 0 Å². The molecule has 0 aromatic carbocycles. The molecule has 3 rings (SSSR count). The van der Waals surface area contributed by atoms with Gasteiger partial charge in [0.1, 0.15) is 0 Å². The summed E-state index contributed by atoms with van der Waals surface area (Å²) in [6.07, 6.45) is 3.27. The molecule has 2 atom stereocenters. The highest BCUT2D eigenvalue weighted by Gasteiger charge is 2.54. The van der Waals surface area contributed by atoms with E-state index < -0.39 is 0 Å². The lowest BCUT2D eigenvalue weighted by atomic mass is 9.58. The minimum absolute atomic E-state index is 0.0139. The van der Waals surface area contributed by atoms with Gasteiger partial charge in [-0.05, 0) is 37.8 Å². The predicted octanol–water partition coefficient (Wildman–Crippen LogP) is 1.45. The number of carbonyl (C=O) groups excluding carboxylic acids is 1. The number of ether oxygens (including phenoxy) is 1. The molecule has 3 N–H and O–H groups in total. The van der Waals surface area contributed by atoms with E-state index in [4.69, 9.17) is 4.74 Å². The van der Waals surface area contributed by atoms with E-state index in [1.807, 2.05) is 0 Å². The molecule has 2 heterocycles. The molecule has 5 nitrogen and oxygen atoms in total. The molecule has 1 spiro atoms. The van der Waals surface area contributed by atoms with Crippen LogP contribution in [0.3, 0.4) is 0 Å². The van der Waals surface area contributed by atoms with E-state index in [1.165, 1.54) is 9.75 Å². The van der Waals surface area contributed by atoms with Gasteiger partial charge in [0.2, 0.25) is 5.91 Å².